The number of hydrogen-bond acceptors (Lipinski definition) is 4. The molecule has 22 heavy (non-hydrogen) atoms. The second-order valence-electron chi connectivity index (χ2n) is 4.79. The van der Waals surface area contributed by atoms with Crippen LogP contribution in [0.15, 0.2) is 58.7 Å². The van der Waals surface area contributed by atoms with Crippen LogP contribution in [-0.4, -0.2) is 18.5 Å². The average Bonchev–Trinajstić information content (AvgIpc) is 2.59. The molecule has 0 N–H and O–H groups in total. The lowest BCUT2D eigenvalue weighted by Crippen LogP contribution is -1.97. The minimum atomic E-state index is 0.634. The van der Waals surface area contributed by atoms with E-state index in [0.717, 1.165) is 28.3 Å². The molecule has 0 amide bonds. The normalized spacial score (nSPS) is 11.9. The van der Waals surface area contributed by atoms with E-state index >= 15 is 0 Å². The molecule has 2 aromatic carbocycles. The van der Waals surface area contributed by atoms with Gasteiger partial charge in [0.25, 0.3) is 0 Å². The van der Waals surface area contributed by atoms with Gasteiger partial charge in [-0.05, 0) is 61.4 Å². The van der Waals surface area contributed by atoms with Crippen LogP contribution in [0.5, 0.6) is 5.75 Å². The first-order valence-electron chi connectivity index (χ1n) is 6.88. The van der Waals surface area contributed by atoms with Crippen LogP contribution in [0.3, 0.4) is 0 Å². The molecule has 0 heterocycles. The minimum absolute atomic E-state index is 0.634. The van der Waals surface area contributed by atoms with Crippen molar-refractivity contribution in [3.05, 3.63) is 65.2 Å². The summed E-state index contributed by atoms with van der Waals surface area (Å²) >= 11 is 0. The summed E-state index contributed by atoms with van der Waals surface area (Å²) in [5.41, 5.74) is 4.21. The Hall–Kier alpha value is -2.93. The topological polar surface area (TPSA) is 57.7 Å². The van der Waals surface area contributed by atoms with E-state index in [9.17, 15) is 0 Å². The monoisotopic (exact) mass is 291 g/mol. The maximum absolute atomic E-state index is 8.80. The largest absolute Gasteiger partial charge is 0.497 e. The Balaban J connectivity index is 2.17. The number of hydrogen-bond donors (Lipinski definition) is 0. The Labute approximate surface area is 130 Å². The highest BCUT2D eigenvalue weighted by atomic mass is 16.5. The van der Waals surface area contributed by atoms with Gasteiger partial charge in [0.15, 0.2) is 0 Å². The highest BCUT2D eigenvalue weighted by Gasteiger charge is 2.00. The van der Waals surface area contributed by atoms with Crippen molar-refractivity contribution in [2.75, 3.05) is 7.11 Å². The Morgan fingerprint density at radius 1 is 0.864 bits per heavy atom. The van der Waals surface area contributed by atoms with Crippen LogP contribution in [0.1, 0.15) is 30.5 Å². The van der Waals surface area contributed by atoms with Crippen molar-refractivity contribution < 1.29 is 4.74 Å². The van der Waals surface area contributed by atoms with Crippen molar-refractivity contribution in [1.82, 2.24) is 0 Å². The Morgan fingerprint density at radius 2 is 1.32 bits per heavy atom. The molecule has 0 spiro atoms. The van der Waals surface area contributed by atoms with Gasteiger partial charge < -0.3 is 4.74 Å². The van der Waals surface area contributed by atoms with Crippen LogP contribution in [0.25, 0.3) is 0 Å². The van der Waals surface area contributed by atoms with E-state index in [0.29, 0.717) is 5.56 Å². The molecular weight excluding hydrogens is 274 g/mol. The lowest BCUT2D eigenvalue weighted by molar-refractivity contribution is 0.415. The predicted octanol–water partition coefficient (Wildman–Crippen LogP) is 3.80. The van der Waals surface area contributed by atoms with Crippen molar-refractivity contribution >= 4 is 11.4 Å². The molecule has 4 heteroatoms. The molecule has 0 radical (unpaired) electrons. The van der Waals surface area contributed by atoms with Crippen molar-refractivity contribution in [2.45, 2.75) is 13.8 Å². The maximum atomic E-state index is 8.80. The summed E-state index contributed by atoms with van der Waals surface area (Å²) in [6, 6.07) is 17.1. The molecule has 0 aliphatic carbocycles. The van der Waals surface area contributed by atoms with Crippen LogP contribution >= 0.6 is 0 Å². The van der Waals surface area contributed by atoms with Gasteiger partial charge in [0.05, 0.1) is 30.2 Å². The van der Waals surface area contributed by atoms with Gasteiger partial charge in [-0.1, -0.05) is 12.1 Å². The fraction of sp³-hybridized carbons (Fsp3) is 0.167. The van der Waals surface area contributed by atoms with Crippen LogP contribution < -0.4 is 4.74 Å². The highest BCUT2D eigenvalue weighted by molar-refractivity contribution is 6.01. The first kappa shape index (κ1) is 15.5. The smallest absolute Gasteiger partial charge is 0.118 e. The van der Waals surface area contributed by atoms with E-state index in [1.807, 2.05) is 50.2 Å². The Kier molecular flexibility index (Phi) is 5.05. The third kappa shape index (κ3) is 3.80. The van der Waals surface area contributed by atoms with Gasteiger partial charge in [0.2, 0.25) is 0 Å². The van der Waals surface area contributed by atoms with Crippen LogP contribution in [-0.2, 0) is 0 Å². The van der Waals surface area contributed by atoms with Crippen LogP contribution in [0.2, 0.25) is 0 Å². The number of ether oxygens (including phenoxy) is 1. The van der Waals surface area contributed by atoms with Crippen molar-refractivity contribution in [3.8, 4) is 11.8 Å². The highest BCUT2D eigenvalue weighted by Crippen LogP contribution is 2.12. The van der Waals surface area contributed by atoms with Gasteiger partial charge in [0.1, 0.15) is 5.75 Å². The molecule has 2 aromatic rings. The second kappa shape index (κ2) is 7.19. The summed E-state index contributed by atoms with van der Waals surface area (Å²) < 4.78 is 5.13. The molecule has 0 atom stereocenters. The number of methoxy groups -OCH3 is 1. The summed E-state index contributed by atoms with van der Waals surface area (Å²) in [4.78, 5) is 0. The number of nitriles is 1. The van der Waals surface area contributed by atoms with Crippen LogP contribution in [0.4, 0.5) is 0 Å². The summed E-state index contributed by atoms with van der Waals surface area (Å²) in [5.74, 6) is 0.814. The molecule has 0 aliphatic heterocycles. The van der Waals surface area contributed by atoms with E-state index in [4.69, 9.17) is 10.00 Å². The zero-order chi connectivity index (χ0) is 15.9. The van der Waals surface area contributed by atoms with Gasteiger partial charge in [-0.3, -0.25) is 0 Å². The van der Waals surface area contributed by atoms with E-state index in [1.165, 1.54) is 0 Å². The van der Waals surface area contributed by atoms with Crippen molar-refractivity contribution in [1.29, 1.82) is 5.26 Å². The lowest BCUT2D eigenvalue weighted by atomic mass is 10.1. The van der Waals surface area contributed by atoms with Gasteiger partial charge in [-0.15, -0.1) is 0 Å². The van der Waals surface area contributed by atoms with Gasteiger partial charge >= 0.3 is 0 Å². The molecular formula is C18H17N3O. The maximum Gasteiger partial charge on any atom is 0.118 e. The summed E-state index contributed by atoms with van der Waals surface area (Å²) in [6.07, 6.45) is 0. The molecule has 4 nitrogen and oxygen atoms in total. The van der Waals surface area contributed by atoms with E-state index in [1.54, 1.807) is 19.2 Å². The summed E-state index contributed by atoms with van der Waals surface area (Å²) in [5, 5.41) is 17.3. The Morgan fingerprint density at radius 3 is 1.73 bits per heavy atom. The van der Waals surface area contributed by atoms with E-state index < -0.39 is 0 Å². The third-order valence-electron chi connectivity index (χ3n) is 3.29. The van der Waals surface area contributed by atoms with Gasteiger partial charge in [-0.2, -0.15) is 15.5 Å². The second-order valence-corrected chi connectivity index (χ2v) is 4.79. The molecule has 0 saturated carbocycles. The standard InChI is InChI=1S/C18H17N3O/c1-13(16-6-4-15(12-19)5-7-16)20-21-14(2)17-8-10-18(22-3)11-9-17/h4-11H,1-3H3/b20-13+,21-14+. The number of benzene rings is 2. The zero-order valence-corrected chi connectivity index (χ0v) is 12.9. The van der Waals surface area contributed by atoms with Gasteiger partial charge in [-0.25, -0.2) is 0 Å². The quantitative estimate of drug-likeness (QED) is 0.635. The van der Waals surface area contributed by atoms with E-state index in [2.05, 4.69) is 16.3 Å². The summed E-state index contributed by atoms with van der Waals surface area (Å²) in [7, 11) is 1.64. The molecule has 0 aromatic heterocycles. The Bertz CT molecular complexity index is 735. The number of nitrogens with zero attached hydrogens (tertiary/aromatic N) is 3. The molecule has 110 valence electrons. The molecule has 0 aliphatic rings. The summed E-state index contributed by atoms with van der Waals surface area (Å²) in [6.45, 7) is 3.81. The molecule has 0 unspecified atom stereocenters. The average molecular weight is 291 g/mol. The lowest BCUT2D eigenvalue weighted by Gasteiger charge is -2.02. The van der Waals surface area contributed by atoms with Crippen LogP contribution in [0, 0.1) is 11.3 Å². The van der Waals surface area contributed by atoms with Crippen molar-refractivity contribution in [3.63, 3.8) is 0 Å². The molecule has 2 rings (SSSR count). The fourth-order valence-electron chi connectivity index (χ4n) is 1.88. The van der Waals surface area contributed by atoms with E-state index in [-0.39, 0.29) is 0 Å². The third-order valence-corrected chi connectivity index (χ3v) is 3.29. The number of rotatable bonds is 4. The van der Waals surface area contributed by atoms with Gasteiger partial charge in [0, 0.05) is 0 Å². The SMILES string of the molecule is COc1ccc(/C(C)=N/N=C(\C)c2ccc(C#N)cc2)cc1. The fourth-order valence-corrected chi connectivity index (χ4v) is 1.88. The zero-order valence-electron chi connectivity index (χ0n) is 12.9. The molecule has 0 saturated heterocycles. The predicted molar refractivity (Wildman–Crippen MR) is 88.6 cm³/mol. The van der Waals surface area contributed by atoms with Crippen molar-refractivity contribution in [2.24, 2.45) is 10.2 Å². The first-order chi connectivity index (χ1) is 10.6. The molecule has 0 fully saturated rings. The molecule has 0 bridgehead atoms. The first-order valence-corrected chi connectivity index (χ1v) is 6.88. The minimum Gasteiger partial charge on any atom is -0.497 e.